The van der Waals surface area contributed by atoms with Gasteiger partial charge in [-0.1, -0.05) is 18.7 Å². The van der Waals surface area contributed by atoms with Crippen LogP contribution in [0.2, 0.25) is 0 Å². The standard InChI is InChI=1S/C15H25NO3P/c1-12(2)15(18)19-8-10-20-9-6-7-14(20)13(17)11-16(3,4)5/h6-7,9,13,17H,1,8,10-11H2,2-5H3/q+1. The van der Waals surface area contributed by atoms with E-state index >= 15 is 0 Å². The average molecular weight is 298 g/mol. The van der Waals surface area contributed by atoms with Gasteiger partial charge in [-0.25, -0.2) is 4.79 Å². The number of likely N-dealkylation sites (N-methyl/N-ethyl adjacent to an activating group) is 1. The molecule has 112 valence electrons. The molecule has 5 heteroatoms. The molecular weight excluding hydrogens is 273 g/mol. The third-order valence-corrected chi connectivity index (χ3v) is 5.15. The highest BCUT2D eigenvalue weighted by atomic mass is 31.1. The van der Waals surface area contributed by atoms with Crippen LogP contribution in [0.3, 0.4) is 0 Å². The fraction of sp³-hybridized carbons (Fsp3) is 0.533. The lowest BCUT2D eigenvalue weighted by atomic mass is 10.2. The van der Waals surface area contributed by atoms with Gasteiger partial charge in [0.1, 0.15) is 12.6 Å². The van der Waals surface area contributed by atoms with E-state index in [4.69, 9.17) is 4.74 Å². The summed E-state index contributed by atoms with van der Waals surface area (Å²) in [6.07, 6.45) is 0.318. The normalized spacial score (nSPS) is 13.9. The van der Waals surface area contributed by atoms with Crippen molar-refractivity contribution in [1.29, 1.82) is 0 Å². The van der Waals surface area contributed by atoms with Gasteiger partial charge < -0.3 is 14.3 Å². The number of esters is 1. The van der Waals surface area contributed by atoms with Gasteiger partial charge in [0.25, 0.3) is 0 Å². The summed E-state index contributed by atoms with van der Waals surface area (Å²) in [5.41, 5.74) is 0.417. The van der Waals surface area contributed by atoms with E-state index in [0.29, 0.717) is 23.2 Å². The second kappa shape index (κ2) is 7.07. The highest BCUT2D eigenvalue weighted by Gasteiger charge is 2.20. The number of ether oxygens (including phenoxy) is 1. The van der Waals surface area contributed by atoms with Gasteiger partial charge in [-0.2, -0.15) is 0 Å². The Balaban J connectivity index is 2.58. The minimum absolute atomic E-state index is 0.347. The molecule has 0 aliphatic heterocycles. The van der Waals surface area contributed by atoms with Crippen molar-refractivity contribution < 1.29 is 19.1 Å². The zero-order valence-corrected chi connectivity index (χ0v) is 13.7. The minimum atomic E-state index is -0.537. The van der Waals surface area contributed by atoms with Crippen molar-refractivity contribution in [2.24, 2.45) is 0 Å². The number of nitrogens with zero attached hydrogens (tertiary/aromatic N) is 1. The number of rotatable bonds is 7. The van der Waals surface area contributed by atoms with Crippen molar-refractivity contribution >= 4 is 13.5 Å². The third-order valence-electron chi connectivity index (χ3n) is 2.84. The van der Waals surface area contributed by atoms with E-state index in [0.717, 1.165) is 11.5 Å². The summed E-state index contributed by atoms with van der Waals surface area (Å²) in [6, 6.07) is 3.98. The predicted molar refractivity (Wildman–Crippen MR) is 82.8 cm³/mol. The number of aliphatic hydroxyl groups is 1. The Morgan fingerprint density at radius 1 is 1.50 bits per heavy atom. The first-order valence-corrected chi connectivity index (χ1v) is 8.26. The molecule has 1 aromatic heterocycles. The number of hydrogen-bond acceptors (Lipinski definition) is 3. The molecule has 20 heavy (non-hydrogen) atoms. The summed E-state index contributed by atoms with van der Waals surface area (Å²) in [4.78, 5) is 11.3. The molecule has 2 atom stereocenters. The Hall–Kier alpha value is -1.09. The lowest BCUT2D eigenvalue weighted by Crippen LogP contribution is -2.38. The molecule has 0 amide bonds. The van der Waals surface area contributed by atoms with Crippen molar-refractivity contribution in [2.45, 2.75) is 19.2 Å². The molecule has 0 saturated heterocycles. The fourth-order valence-corrected chi connectivity index (χ4v) is 3.81. The van der Waals surface area contributed by atoms with Gasteiger partial charge in [0.15, 0.2) is 0 Å². The van der Waals surface area contributed by atoms with Crippen molar-refractivity contribution in [2.75, 3.05) is 34.3 Å². The van der Waals surface area contributed by atoms with E-state index in [2.05, 4.69) is 33.5 Å². The van der Waals surface area contributed by atoms with Crippen LogP contribution >= 0.6 is 7.53 Å². The van der Waals surface area contributed by atoms with Crippen LogP contribution in [0.15, 0.2) is 30.1 Å². The molecule has 1 rings (SSSR count). The summed E-state index contributed by atoms with van der Waals surface area (Å²) >= 11 is 0. The molecule has 1 aromatic rings. The number of quaternary nitrogens is 1. The van der Waals surface area contributed by atoms with E-state index in [1.807, 2.05) is 12.1 Å². The summed E-state index contributed by atoms with van der Waals surface area (Å²) < 4.78 is 5.84. The average Bonchev–Trinajstić information content (AvgIpc) is 2.74. The smallest absolute Gasteiger partial charge is 0.333 e. The van der Waals surface area contributed by atoms with Gasteiger partial charge in [0, 0.05) is 17.0 Å². The Morgan fingerprint density at radius 3 is 2.70 bits per heavy atom. The lowest BCUT2D eigenvalue weighted by molar-refractivity contribution is -0.874. The Labute approximate surface area is 122 Å². The summed E-state index contributed by atoms with van der Waals surface area (Å²) in [5, 5.41) is 11.4. The molecule has 0 aliphatic carbocycles. The molecule has 0 bridgehead atoms. The molecule has 1 N–H and O–H groups in total. The first-order valence-electron chi connectivity index (χ1n) is 6.67. The second-order valence-corrected chi connectivity index (χ2v) is 8.23. The molecule has 0 radical (unpaired) electrons. The summed E-state index contributed by atoms with van der Waals surface area (Å²) in [5.74, 6) is 1.76. The van der Waals surface area contributed by atoms with Crippen LogP contribution in [0.1, 0.15) is 18.3 Å². The van der Waals surface area contributed by atoms with Gasteiger partial charge in [0.05, 0.1) is 27.7 Å². The van der Waals surface area contributed by atoms with Crippen LogP contribution in [-0.4, -0.2) is 49.9 Å². The third kappa shape index (κ3) is 5.49. The molecular formula is C15H25NO3P+. The van der Waals surface area contributed by atoms with Crippen LogP contribution in [0.5, 0.6) is 0 Å². The SMILES string of the molecule is C=C(C)C(=O)OCCp1cccc1C(O)C[N+](C)(C)C. The highest BCUT2D eigenvalue weighted by Crippen LogP contribution is 2.39. The molecule has 4 nitrogen and oxygen atoms in total. The molecule has 0 saturated carbocycles. The van der Waals surface area contributed by atoms with Crippen molar-refractivity contribution in [3.63, 3.8) is 0 Å². The summed E-state index contributed by atoms with van der Waals surface area (Å²) in [6.45, 7) is 6.24. The topological polar surface area (TPSA) is 46.5 Å². The Bertz CT molecular complexity index is 474. The number of aliphatic hydroxyl groups excluding tert-OH is 1. The summed E-state index contributed by atoms with van der Waals surface area (Å²) in [7, 11) is 5.64. The van der Waals surface area contributed by atoms with Crippen LogP contribution < -0.4 is 0 Å². The van der Waals surface area contributed by atoms with Crippen LogP contribution in [-0.2, 0) is 15.7 Å². The van der Waals surface area contributed by atoms with Gasteiger partial charge >= 0.3 is 5.97 Å². The highest BCUT2D eigenvalue weighted by molar-refractivity contribution is 7.49. The first kappa shape index (κ1) is 17.0. The maximum atomic E-state index is 11.3. The van der Waals surface area contributed by atoms with E-state index in [1.165, 1.54) is 0 Å². The van der Waals surface area contributed by atoms with E-state index in [-0.39, 0.29) is 5.97 Å². The van der Waals surface area contributed by atoms with Crippen molar-refractivity contribution in [3.8, 4) is 0 Å². The Kier molecular flexibility index (Phi) is 6.00. The van der Waals surface area contributed by atoms with Crippen molar-refractivity contribution in [3.05, 3.63) is 35.4 Å². The number of carbonyl (C=O) groups is 1. The van der Waals surface area contributed by atoms with Gasteiger partial charge in [-0.15, -0.1) is 7.53 Å². The molecule has 1 heterocycles. The number of carbonyl (C=O) groups excluding carboxylic acids is 1. The fourth-order valence-electron chi connectivity index (χ4n) is 1.91. The van der Waals surface area contributed by atoms with E-state index in [1.54, 1.807) is 6.92 Å². The lowest BCUT2D eigenvalue weighted by Gasteiger charge is -2.27. The largest absolute Gasteiger partial charge is 0.462 e. The molecule has 0 fully saturated rings. The minimum Gasteiger partial charge on any atom is -0.462 e. The maximum Gasteiger partial charge on any atom is 0.333 e. The molecule has 2 unspecified atom stereocenters. The predicted octanol–water partition coefficient (Wildman–Crippen LogP) is 2.53. The maximum absolute atomic E-state index is 11.3. The molecule has 0 aromatic carbocycles. The number of hydrogen-bond donors (Lipinski definition) is 1. The molecule has 0 spiro atoms. The van der Waals surface area contributed by atoms with Gasteiger partial charge in [-0.05, 0) is 12.7 Å². The zero-order chi connectivity index (χ0) is 15.3. The van der Waals surface area contributed by atoms with E-state index in [9.17, 15) is 9.90 Å². The van der Waals surface area contributed by atoms with Crippen LogP contribution in [0.4, 0.5) is 0 Å². The first-order chi connectivity index (χ1) is 9.20. The zero-order valence-electron chi connectivity index (χ0n) is 12.8. The quantitative estimate of drug-likeness (QED) is 0.478. The second-order valence-electron chi connectivity index (χ2n) is 6.03. The van der Waals surface area contributed by atoms with Crippen LogP contribution in [0, 0.1) is 0 Å². The monoisotopic (exact) mass is 298 g/mol. The van der Waals surface area contributed by atoms with Crippen molar-refractivity contribution in [1.82, 2.24) is 0 Å². The molecule has 0 aliphatic rings. The van der Waals surface area contributed by atoms with Crippen LogP contribution in [0.25, 0.3) is 0 Å². The van der Waals surface area contributed by atoms with Gasteiger partial charge in [0.2, 0.25) is 0 Å². The van der Waals surface area contributed by atoms with Gasteiger partial charge in [-0.3, -0.25) is 0 Å². The Morgan fingerprint density at radius 2 is 2.15 bits per heavy atom. The van der Waals surface area contributed by atoms with E-state index < -0.39 is 13.6 Å².